The molecule has 2 aromatic carbocycles. The average molecular weight is 311 g/mol. The first kappa shape index (κ1) is 17.7. The zero-order chi connectivity index (χ0) is 16.8. The Morgan fingerprint density at radius 1 is 0.957 bits per heavy atom. The smallest absolute Gasteiger partial charge is 0.0474 e. The van der Waals surface area contributed by atoms with Gasteiger partial charge in [0.2, 0.25) is 0 Å². The van der Waals surface area contributed by atoms with Crippen LogP contribution in [-0.2, 0) is 6.42 Å². The van der Waals surface area contributed by atoms with Gasteiger partial charge in [0.15, 0.2) is 0 Å². The van der Waals surface area contributed by atoms with Gasteiger partial charge in [-0.3, -0.25) is 0 Å². The van der Waals surface area contributed by atoms with Gasteiger partial charge in [0, 0.05) is 19.2 Å². The van der Waals surface area contributed by atoms with Crippen LogP contribution in [0.4, 0.5) is 0 Å². The maximum atomic E-state index is 9.72. The molecule has 124 valence electrons. The molecular formula is C21H29NO. The molecule has 0 aliphatic rings. The molecule has 0 heterocycles. The summed E-state index contributed by atoms with van der Waals surface area (Å²) >= 11 is 0. The lowest BCUT2D eigenvalue weighted by Gasteiger charge is -2.22. The zero-order valence-corrected chi connectivity index (χ0v) is 14.8. The Morgan fingerprint density at radius 2 is 1.65 bits per heavy atom. The highest BCUT2D eigenvalue weighted by Crippen LogP contribution is 2.20. The fraction of sp³-hybridized carbons (Fsp3) is 0.429. The van der Waals surface area contributed by atoms with Gasteiger partial charge in [-0.2, -0.15) is 0 Å². The first-order valence-electron chi connectivity index (χ1n) is 8.47. The van der Waals surface area contributed by atoms with Crippen LogP contribution in [0, 0.1) is 26.7 Å². The number of benzene rings is 2. The number of aliphatic hydroxyl groups is 1. The normalized spacial score (nSPS) is 13.8. The lowest BCUT2D eigenvalue weighted by atomic mass is 9.95. The van der Waals surface area contributed by atoms with Gasteiger partial charge in [0.25, 0.3) is 0 Å². The van der Waals surface area contributed by atoms with Crippen molar-refractivity contribution < 1.29 is 5.11 Å². The van der Waals surface area contributed by atoms with Gasteiger partial charge in [-0.25, -0.2) is 0 Å². The van der Waals surface area contributed by atoms with Crippen molar-refractivity contribution in [3.8, 4) is 0 Å². The number of aryl methyl sites for hydroxylation is 2. The molecule has 0 amide bonds. The molecule has 0 saturated carbocycles. The molecule has 2 aromatic rings. The topological polar surface area (TPSA) is 32.3 Å². The van der Waals surface area contributed by atoms with Crippen molar-refractivity contribution in [2.75, 3.05) is 13.2 Å². The Hall–Kier alpha value is -1.64. The Morgan fingerprint density at radius 3 is 2.35 bits per heavy atom. The maximum Gasteiger partial charge on any atom is 0.0474 e. The lowest BCUT2D eigenvalue weighted by molar-refractivity contribution is 0.218. The molecule has 2 rings (SSSR count). The molecule has 23 heavy (non-hydrogen) atoms. The molecule has 2 nitrogen and oxygen atoms in total. The first-order valence-corrected chi connectivity index (χ1v) is 8.47. The van der Waals surface area contributed by atoms with E-state index in [2.05, 4.69) is 75.5 Å². The average Bonchev–Trinajstić information content (AvgIpc) is 2.55. The van der Waals surface area contributed by atoms with Crippen LogP contribution >= 0.6 is 0 Å². The fourth-order valence-electron chi connectivity index (χ4n) is 3.05. The maximum absolute atomic E-state index is 9.72. The van der Waals surface area contributed by atoms with E-state index in [-0.39, 0.29) is 12.5 Å². The van der Waals surface area contributed by atoms with Crippen molar-refractivity contribution in [1.29, 1.82) is 0 Å². The molecule has 2 atom stereocenters. The molecular weight excluding hydrogens is 282 g/mol. The third-order valence-electron chi connectivity index (χ3n) is 4.85. The molecule has 0 saturated heterocycles. The van der Waals surface area contributed by atoms with Gasteiger partial charge in [0.1, 0.15) is 0 Å². The third-order valence-corrected chi connectivity index (χ3v) is 4.85. The van der Waals surface area contributed by atoms with Gasteiger partial charge in [-0.1, -0.05) is 42.5 Å². The fourth-order valence-corrected chi connectivity index (χ4v) is 3.05. The summed E-state index contributed by atoms with van der Waals surface area (Å²) < 4.78 is 0. The van der Waals surface area contributed by atoms with Crippen LogP contribution in [0.5, 0.6) is 0 Å². The van der Waals surface area contributed by atoms with Gasteiger partial charge in [0.05, 0.1) is 0 Å². The van der Waals surface area contributed by atoms with Crippen molar-refractivity contribution in [3.05, 3.63) is 70.3 Å². The van der Waals surface area contributed by atoms with Crippen molar-refractivity contribution in [2.45, 2.75) is 40.2 Å². The minimum Gasteiger partial charge on any atom is -0.396 e. The quantitative estimate of drug-likeness (QED) is 0.806. The van der Waals surface area contributed by atoms with Crippen LogP contribution in [0.25, 0.3) is 0 Å². The van der Waals surface area contributed by atoms with E-state index in [1.54, 1.807) is 0 Å². The third kappa shape index (κ3) is 4.66. The molecule has 0 fully saturated rings. The van der Waals surface area contributed by atoms with Crippen molar-refractivity contribution >= 4 is 0 Å². The summed E-state index contributed by atoms with van der Waals surface area (Å²) in [6.45, 7) is 9.69. The predicted molar refractivity (Wildman–Crippen MR) is 97.8 cm³/mol. The number of nitrogens with one attached hydrogen (secondary N) is 1. The van der Waals surface area contributed by atoms with E-state index in [9.17, 15) is 5.11 Å². The number of aliphatic hydroxyl groups excluding tert-OH is 1. The van der Waals surface area contributed by atoms with Crippen molar-refractivity contribution in [3.63, 3.8) is 0 Å². The largest absolute Gasteiger partial charge is 0.396 e. The molecule has 2 heteroatoms. The molecule has 0 bridgehead atoms. The minimum absolute atomic E-state index is 0.209. The minimum atomic E-state index is 0.209. The van der Waals surface area contributed by atoms with Crippen LogP contribution in [-0.4, -0.2) is 18.3 Å². The van der Waals surface area contributed by atoms with Crippen molar-refractivity contribution in [1.82, 2.24) is 5.32 Å². The molecule has 0 spiro atoms. The number of hydrogen-bond acceptors (Lipinski definition) is 2. The summed E-state index contributed by atoms with van der Waals surface area (Å²) in [5.74, 6) is 0.240. The van der Waals surface area contributed by atoms with E-state index in [1.165, 1.54) is 27.8 Å². The van der Waals surface area contributed by atoms with E-state index >= 15 is 0 Å². The molecule has 0 radical (unpaired) electrons. The summed E-state index contributed by atoms with van der Waals surface area (Å²) in [6.07, 6.45) is 0.912. The van der Waals surface area contributed by atoms with Crippen LogP contribution in [0.2, 0.25) is 0 Å². The Balaban J connectivity index is 1.97. The second kappa shape index (κ2) is 8.28. The first-order chi connectivity index (χ1) is 11.0. The molecule has 2 unspecified atom stereocenters. The van der Waals surface area contributed by atoms with E-state index in [0.29, 0.717) is 6.04 Å². The second-order valence-corrected chi connectivity index (χ2v) is 6.60. The molecule has 2 N–H and O–H groups in total. The summed E-state index contributed by atoms with van der Waals surface area (Å²) in [4.78, 5) is 0. The van der Waals surface area contributed by atoms with Crippen molar-refractivity contribution in [2.24, 2.45) is 5.92 Å². The molecule has 0 aromatic heterocycles. The summed E-state index contributed by atoms with van der Waals surface area (Å²) in [6, 6.07) is 15.2. The van der Waals surface area contributed by atoms with Crippen LogP contribution in [0.3, 0.4) is 0 Å². The van der Waals surface area contributed by atoms with Gasteiger partial charge < -0.3 is 10.4 Å². The summed E-state index contributed by atoms with van der Waals surface area (Å²) in [5.41, 5.74) is 6.65. The molecule has 0 aliphatic heterocycles. The second-order valence-electron chi connectivity index (χ2n) is 6.60. The van der Waals surface area contributed by atoms with Gasteiger partial charge in [-0.05, 0) is 67.9 Å². The highest BCUT2D eigenvalue weighted by atomic mass is 16.3. The SMILES string of the molecule is Cc1ccccc1CC(CO)CNC(C)c1cccc(C)c1C. The monoisotopic (exact) mass is 311 g/mol. The Bertz CT molecular complexity index is 635. The van der Waals surface area contributed by atoms with Crippen LogP contribution in [0.15, 0.2) is 42.5 Å². The van der Waals surface area contributed by atoms with Gasteiger partial charge >= 0.3 is 0 Å². The summed E-state index contributed by atoms with van der Waals surface area (Å²) in [7, 11) is 0. The predicted octanol–water partition coefficient (Wildman–Crippen LogP) is 4.11. The standard InChI is InChI=1S/C21H29NO/c1-15-9-7-11-21(17(15)3)18(4)22-13-19(14-23)12-20-10-6-5-8-16(20)2/h5-11,18-19,22-23H,12-14H2,1-4H3. The Kier molecular flexibility index (Phi) is 6.37. The van der Waals surface area contributed by atoms with E-state index in [0.717, 1.165) is 13.0 Å². The van der Waals surface area contributed by atoms with E-state index in [1.807, 2.05) is 0 Å². The van der Waals surface area contributed by atoms with Crippen LogP contribution < -0.4 is 5.32 Å². The van der Waals surface area contributed by atoms with E-state index in [4.69, 9.17) is 0 Å². The lowest BCUT2D eigenvalue weighted by Crippen LogP contribution is -2.29. The van der Waals surface area contributed by atoms with Gasteiger partial charge in [-0.15, -0.1) is 0 Å². The zero-order valence-electron chi connectivity index (χ0n) is 14.8. The number of hydrogen-bond donors (Lipinski definition) is 2. The highest BCUT2D eigenvalue weighted by molar-refractivity contribution is 5.35. The number of rotatable bonds is 7. The summed E-state index contributed by atoms with van der Waals surface area (Å²) in [5, 5.41) is 13.3. The Labute approximate surface area is 140 Å². The molecule has 0 aliphatic carbocycles. The van der Waals surface area contributed by atoms with E-state index < -0.39 is 0 Å². The van der Waals surface area contributed by atoms with Crippen LogP contribution in [0.1, 0.15) is 40.8 Å². The highest BCUT2D eigenvalue weighted by Gasteiger charge is 2.14.